The van der Waals surface area contributed by atoms with Crippen molar-refractivity contribution in [3.8, 4) is 0 Å². The van der Waals surface area contributed by atoms with E-state index in [4.69, 9.17) is 16.7 Å². The number of aromatic nitrogens is 2. The molecule has 132 valence electrons. The van der Waals surface area contributed by atoms with Crippen LogP contribution in [0.4, 0.5) is 0 Å². The van der Waals surface area contributed by atoms with E-state index in [1.165, 1.54) is 0 Å². The Kier molecular flexibility index (Phi) is 4.19. The van der Waals surface area contributed by atoms with E-state index in [-0.39, 0.29) is 5.75 Å². The van der Waals surface area contributed by atoms with E-state index in [1.54, 1.807) is 18.3 Å². The highest BCUT2D eigenvalue weighted by molar-refractivity contribution is 7.88. The van der Waals surface area contributed by atoms with Crippen LogP contribution in [0.3, 0.4) is 0 Å². The minimum Gasteiger partial charge on any atom is -0.335 e. The van der Waals surface area contributed by atoms with Crippen LogP contribution in [-0.2, 0) is 22.3 Å². The van der Waals surface area contributed by atoms with Crippen LogP contribution in [0.15, 0.2) is 60.8 Å². The molecule has 0 aliphatic carbocycles. The summed E-state index contributed by atoms with van der Waals surface area (Å²) in [7, 11) is -3.53. The Morgan fingerprint density at radius 1 is 1.00 bits per heavy atom. The highest BCUT2D eigenvalue weighted by atomic mass is 35.5. The molecule has 0 spiro atoms. The highest BCUT2D eigenvalue weighted by Crippen LogP contribution is 2.30. The highest BCUT2D eigenvalue weighted by Gasteiger charge is 2.12. The fraction of sp³-hybridized carbons (Fsp3) is 0.105. The number of halogens is 1. The molecule has 0 aliphatic rings. The maximum absolute atomic E-state index is 11.2. The third kappa shape index (κ3) is 3.31. The van der Waals surface area contributed by atoms with E-state index in [2.05, 4.69) is 9.55 Å². The zero-order chi connectivity index (χ0) is 18.3. The predicted octanol–water partition coefficient (Wildman–Crippen LogP) is 3.68. The van der Waals surface area contributed by atoms with Crippen LogP contribution >= 0.6 is 11.6 Å². The van der Waals surface area contributed by atoms with Gasteiger partial charge in [0.25, 0.3) is 0 Å². The van der Waals surface area contributed by atoms with E-state index in [1.807, 2.05) is 42.5 Å². The van der Waals surface area contributed by atoms with Crippen LogP contribution < -0.4 is 5.14 Å². The largest absolute Gasteiger partial charge is 0.335 e. The van der Waals surface area contributed by atoms with Gasteiger partial charge in [-0.3, -0.25) is 4.98 Å². The van der Waals surface area contributed by atoms with Crippen molar-refractivity contribution in [2.45, 2.75) is 12.3 Å². The van der Waals surface area contributed by atoms with Gasteiger partial charge in [-0.1, -0.05) is 35.9 Å². The molecule has 2 N–H and O–H groups in total. The van der Waals surface area contributed by atoms with E-state index >= 15 is 0 Å². The number of fused-ring (bicyclic) bond motifs is 3. The lowest BCUT2D eigenvalue weighted by atomic mass is 10.1. The average Bonchev–Trinajstić information content (AvgIpc) is 2.89. The first kappa shape index (κ1) is 17.0. The maximum atomic E-state index is 11.2. The normalized spacial score (nSPS) is 12.1. The Bertz CT molecular complexity index is 1210. The molecule has 0 unspecified atom stereocenters. The van der Waals surface area contributed by atoms with Gasteiger partial charge in [-0.05, 0) is 41.5 Å². The van der Waals surface area contributed by atoms with Crippen LogP contribution in [0.2, 0.25) is 5.02 Å². The lowest BCUT2D eigenvalue weighted by Crippen LogP contribution is -2.14. The monoisotopic (exact) mass is 385 g/mol. The third-order valence-corrected chi connectivity index (χ3v) is 5.28. The van der Waals surface area contributed by atoms with Gasteiger partial charge < -0.3 is 4.57 Å². The van der Waals surface area contributed by atoms with Crippen LogP contribution in [0, 0.1) is 0 Å². The van der Waals surface area contributed by atoms with Crippen LogP contribution in [-0.4, -0.2) is 18.0 Å². The molecule has 4 rings (SSSR count). The smallest absolute Gasteiger partial charge is 0.213 e. The molecular formula is C19H16ClN3O2S. The quantitative estimate of drug-likeness (QED) is 0.582. The number of benzene rings is 2. The van der Waals surface area contributed by atoms with E-state index < -0.39 is 10.0 Å². The zero-order valence-electron chi connectivity index (χ0n) is 13.8. The minimum atomic E-state index is -3.53. The Labute approximate surface area is 156 Å². The molecule has 26 heavy (non-hydrogen) atoms. The lowest BCUT2D eigenvalue weighted by Gasteiger charge is -2.08. The number of nitrogens with zero attached hydrogens (tertiary/aromatic N) is 2. The van der Waals surface area contributed by atoms with E-state index in [0.29, 0.717) is 17.1 Å². The summed E-state index contributed by atoms with van der Waals surface area (Å²) in [5, 5.41) is 6.79. The molecular weight excluding hydrogens is 370 g/mol. The molecule has 0 saturated heterocycles. The molecule has 5 nitrogen and oxygen atoms in total. The molecule has 7 heteroatoms. The molecule has 2 aromatic carbocycles. The Hall–Kier alpha value is -2.41. The van der Waals surface area contributed by atoms with Gasteiger partial charge in [-0.2, -0.15) is 0 Å². The molecule has 4 aromatic rings. The second-order valence-corrected chi connectivity index (χ2v) is 8.29. The fourth-order valence-electron chi connectivity index (χ4n) is 3.21. The molecule has 0 fully saturated rings. The Morgan fingerprint density at radius 2 is 1.73 bits per heavy atom. The first-order valence-electron chi connectivity index (χ1n) is 8.01. The number of sulfonamides is 1. The topological polar surface area (TPSA) is 78.0 Å². The van der Waals surface area contributed by atoms with Crippen LogP contribution in [0.25, 0.3) is 21.9 Å². The van der Waals surface area contributed by atoms with E-state index in [9.17, 15) is 8.42 Å². The van der Waals surface area contributed by atoms with Crippen molar-refractivity contribution < 1.29 is 8.42 Å². The van der Waals surface area contributed by atoms with Gasteiger partial charge >= 0.3 is 0 Å². The summed E-state index contributed by atoms with van der Waals surface area (Å²) in [6.45, 7) is 0.642. The summed E-state index contributed by atoms with van der Waals surface area (Å²) in [5.41, 5.74) is 4.72. The molecule has 0 bridgehead atoms. The zero-order valence-corrected chi connectivity index (χ0v) is 15.3. The summed E-state index contributed by atoms with van der Waals surface area (Å²) in [4.78, 5) is 4.51. The van der Waals surface area contributed by atoms with Crippen molar-refractivity contribution in [1.29, 1.82) is 0 Å². The van der Waals surface area contributed by atoms with Crippen molar-refractivity contribution >= 4 is 43.6 Å². The van der Waals surface area contributed by atoms with Crippen molar-refractivity contribution in [3.63, 3.8) is 0 Å². The van der Waals surface area contributed by atoms with Gasteiger partial charge in [0.2, 0.25) is 10.0 Å². The van der Waals surface area contributed by atoms with Gasteiger partial charge in [0, 0.05) is 23.2 Å². The summed E-state index contributed by atoms with van der Waals surface area (Å²) in [6.07, 6.45) is 1.77. The molecule has 0 aliphatic heterocycles. The van der Waals surface area contributed by atoms with Crippen molar-refractivity contribution in [2.75, 3.05) is 0 Å². The van der Waals surface area contributed by atoms with Gasteiger partial charge in [0.15, 0.2) is 0 Å². The predicted molar refractivity (Wildman–Crippen MR) is 105 cm³/mol. The third-order valence-electron chi connectivity index (χ3n) is 4.31. The number of pyridine rings is 1. The number of hydrogen-bond donors (Lipinski definition) is 1. The molecule has 0 saturated carbocycles. The van der Waals surface area contributed by atoms with Gasteiger partial charge in [-0.25, -0.2) is 13.6 Å². The molecule has 2 heterocycles. The van der Waals surface area contributed by atoms with Crippen molar-refractivity contribution in [2.24, 2.45) is 5.14 Å². The minimum absolute atomic E-state index is 0.162. The summed E-state index contributed by atoms with van der Waals surface area (Å²) in [6, 6.07) is 17.2. The average molecular weight is 386 g/mol. The van der Waals surface area contributed by atoms with Crippen LogP contribution in [0.1, 0.15) is 11.1 Å². The van der Waals surface area contributed by atoms with E-state index in [0.717, 1.165) is 27.5 Å². The van der Waals surface area contributed by atoms with Gasteiger partial charge in [-0.15, -0.1) is 0 Å². The Morgan fingerprint density at radius 3 is 2.46 bits per heavy atom. The first-order valence-corrected chi connectivity index (χ1v) is 10.1. The van der Waals surface area contributed by atoms with Gasteiger partial charge in [0.05, 0.1) is 22.3 Å². The molecule has 2 aromatic heterocycles. The summed E-state index contributed by atoms with van der Waals surface area (Å²) in [5.74, 6) is -0.162. The number of nitrogens with two attached hydrogens (primary N) is 1. The Balaban J connectivity index is 1.77. The molecule has 0 atom stereocenters. The fourth-order valence-corrected chi connectivity index (χ4v) is 4.04. The number of primary sulfonamides is 1. The SMILES string of the molecule is NS(=O)(=O)Cc1ccc(Cn2c3ccc(Cl)cc3c3ncccc32)cc1. The summed E-state index contributed by atoms with van der Waals surface area (Å²) >= 11 is 6.16. The van der Waals surface area contributed by atoms with Gasteiger partial charge in [0.1, 0.15) is 0 Å². The lowest BCUT2D eigenvalue weighted by molar-refractivity contribution is 0.597. The second kappa shape index (κ2) is 6.39. The van der Waals surface area contributed by atoms with Crippen molar-refractivity contribution in [3.05, 3.63) is 76.9 Å². The first-order chi connectivity index (χ1) is 12.4. The maximum Gasteiger partial charge on any atom is 0.213 e. The second-order valence-electron chi connectivity index (χ2n) is 6.24. The molecule has 0 amide bonds. The standard InChI is InChI=1S/C19H16ClN3O2S/c20-15-7-8-17-16(10-15)19-18(2-1-9-22-19)23(17)11-13-3-5-14(6-4-13)12-26(21,24)25/h1-10H,11-12H2,(H2,21,24,25). The van der Waals surface area contributed by atoms with Crippen LogP contribution in [0.5, 0.6) is 0 Å². The molecule has 0 radical (unpaired) electrons. The number of rotatable bonds is 4. The summed E-state index contributed by atoms with van der Waals surface area (Å²) < 4.78 is 24.6. The number of hydrogen-bond acceptors (Lipinski definition) is 3. The van der Waals surface area contributed by atoms with Crippen molar-refractivity contribution in [1.82, 2.24) is 9.55 Å².